The minimum absolute atomic E-state index is 0.456. The predicted octanol–water partition coefficient (Wildman–Crippen LogP) is 1.30. The van der Waals surface area contributed by atoms with E-state index in [0.29, 0.717) is 12.0 Å². The average Bonchev–Trinajstić information content (AvgIpc) is 2.14. The Balaban J connectivity index is 2.32. The molecule has 0 spiro atoms. The highest BCUT2D eigenvalue weighted by Crippen LogP contribution is 2.24. The fraction of sp³-hybridized carbons (Fsp3) is 0.714. The second-order valence-corrected chi connectivity index (χ2v) is 2.57. The third kappa shape index (κ3) is 1.10. The Morgan fingerprint density at radius 1 is 1.50 bits per heavy atom. The lowest BCUT2D eigenvalue weighted by Gasteiger charge is -1.98. The lowest BCUT2D eigenvalue weighted by atomic mass is 10.1. The summed E-state index contributed by atoms with van der Waals surface area (Å²) in [7, 11) is 0. The molecule has 2 N–H and O–H groups in total. The highest BCUT2D eigenvalue weighted by Gasteiger charge is 2.17. The number of hydrogen-bond donors (Lipinski definition) is 1. The molecule has 46 valence electrons. The summed E-state index contributed by atoms with van der Waals surface area (Å²) < 4.78 is 0. The molecule has 0 unspecified atom stereocenters. The summed E-state index contributed by atoms with van der Waals surface area (Å²) in [6, 6.07) is 0.456. The van der Waals surface area contributed by atoms with Crippen molar-refractivity contribution in [2.75, 3.05) is 0 Å². The van der Waals surface area contributed by atoms with Gasteiger partial charge < -0.3 is 5.73 Å². The van der Waals surface area contributed by atoms with Gasteiger partial charge in [-0.25, -0.2) is 0 Å². The molecule has 0 aromatic carbocycles. The van der Waals surface area contributed by atoms with Gasteiger partial charge in [-0.05, 0) is 25.2 Å². The van der Waals surface area contributed by atoms with Crippen molar-refractivity contribution in [1.82, 2.24) is 0 Å². The molecule has 2 atom stereocenters. The van der Waals surface area contributed by atoms with E-state index in [-0.39, 0.29) is 0 Å². The zero-order chi connectivity index (χ0) is 5.98. The van der Waals surface area contributed by atoms with Crippen molar-refractivity contribution in [3.8, 4) is 0 Å². The molecule has 1 fully saturated rings. The Bertz CT molecular complexity index is 88.4. The van der Waals surface area contributed by atoms with Crippen molar-refractivity contribution in [2.45, 2.75) is 25.3 Å². The van der Waals surface area contributed by atoms with Crippen molar-refractivity contribution in [2.24, 2.45) is 11.7 Å². The van der Waals surface area contributed by atoms with Gasteiger partial charge in [-0.1, -0.05) is 6.08 Å². The predicted molar refractivity (Wildman–Crippen MR) is 35.5 cm³/mol. The van der Waals surface area contributed by atoms with Gasteiger partial charge in [-0.3, -0.25) is 0 Å². The Kier molecular flexibility index (Phi) is 1.69. The SMILES string of the molecule is C=C[C@@H]1CC[C@H](N)C1. The van der Waals surface area contributed by atoms with Crippen LogP contribution in [0.1, 0.15) is 19.3 Å². The monoisotopic (exact) mass is 111 g/mol. The highest BCUT2D eigenvalue weighted by molar-refractivity contribution is 4.88. The Morgan fingerprint density at radius 2 is 2.25 bits per heavy atom. The molecule has 1 aliphatic rings. The first-order chi connectivity index (χ1) is 3.83. The van der Waals surface area contributed by atoms with Gasteiger partial charge in [-0.15, -0.1) is 6.58 Å². The third-order valence-electron chi connectivity index (χ3n) is 1.85. The maximum Gasteiger partial charge on any atom is 0.00446 e. The van der Waals surface area contributed by atoms with Gasteiger partial charge >= 0.3 is 0 Å². The minimum Gasteiger partial charge on any atom is -0.328 e. The lowest BCUT2D eigenvalue weighted by molar-refractivity contribution is 0.653. The third-order valence-corrected chi connectivity index (χ3v) is 1.85. The number of allylic oxidation sites excluding steroid dienone is 1. The minimum atomic E-state index is 0.456. The van der Waals surface area contributed by atoms with Gasteiger partial charge in [0.25, 0.3) is 0 Å². The van der Waals surface area contributed by atoms with E-state index in [4.69, 9.17) is 5.73 Å². The molecule has 8 heavy (non-hydrogen) atoms. The topological polar surface area (TPSA) is 26.0 Å². The van der Waals surface area contributed by atoms with Gasteiger partial charge in [0.05, 0.1) is 0 Å². The van der Waals surface area contributed by atoms with Gasteiger partial charge in [0.2, 0.25) is 0 Å². The normalized spacial score (nSPS) is 37.6. The van der Waals surface area contributed by atoms with E-state index < -0.39 is 0 Å². The fourth-order valence-electron chi connectivity index (χ4n) is 1.27. The largest absolute Gasteiger partial charge is 0.328 e. The van der Waals surface area contributed by atoms with Crippen LogP contribution in [0.2, 0.25) is 0 Å². The van der Waals surface area contributed by atoms with E-state index in [2.05, 4.69) is 6.58 Å². The summed E-state index contributed by atoms with van der Waals surface area (Å²) >= 11 is 0. The molecule has 1 aliphatic carbocycles. The highest BCUT2D eigenvalue weighted by atomic mass is 14.6. The first-order valence-corrected chi connectivity index (χ1v) is 3.21. The van der Waals surface area contributed by atoms with Crippen molar-refractivity contribution in [1.29, 1.82) is 0 Å². The van der Waals surface area contributed by atoms with E-state index in [1.807, 2.05) is 6.08 Å². The quantitative estimate of drug-likeness (QED) is 0.507. The standard InChI is InChI=1S/C7H13N/c1-2-6-3-4-7(8)5-6/h2,6-7H,1,3-5,8H2/t6-,7+/m1/s1. The van der Waals surface area contributed by atoms with E-state index in [9.17, 15) is 0 Å². The van der Waals surface area contributed by atoms with Crippen LogP contribution >= 0.6 is 0 Å². The van der Waals surface area contributed by atoms with Gasteiger partial charge in [0.1, 0.15) is 0 Å². The molecule has 0 bridgehead atoms. The van der Waals surface area contributed by atoms with Crippen LogP contribution in [-0.4, -0.2) is 6.04 Å². The number of nitrogens with two attached hydrogens (primary N) is 1. The Morgan fingerprint density at radius 3 is 2.50 bits per heavy atom. The molecule has 0 aromatic rings. The molecule has 0 saturated heterocycles. The molecule has 1 rings (SSSR count). The smallest absolute Gasteiger partial charge is 0.00446 e. The van der Waals surface area contributed by atoms with Crippen LogP contribution in [0.15, 0.2) is 12.7 Å². The second kappa shape index (κ2) is 2.31. The van der Waals surface area contributed by atoms with Crippen LogP contribution in [-0.2, 0) is 0 Å². The van der Waals surface area contributed by atoms with Gasteiger partial charge in [0.15, 0.2) is 0 Å². The summed E-state index contributed by atoms with van der Waals surface area (Å²) in [5.41, 5.74) is 5.65. The molecule has 1 heteroatoms. The zero-order valence-corrected chi connectivity index (χ0v) is 5.14. The van der Waals surface area contributed by atoms with Crippen LogP contribution < -0.4 is 5.73 Å². The zero-order valence-electron chi connectivity index (χ0n) is 5.14. The summed E-state index contributed by atoms with van der Waals surface area (Å²) in [6.45, 7) is 3.72. The molecule has 0 aromatic heterocycles. The van der Waals surface area contributed by atoms with Crippen LogP contribution in [0.25, 0.3) is 0 Å². The molecule has 0 aliphatic heterocycles. The first-order valence-electron chi connectivity index (χ1n) is 3.21. The van der Waals surface area contributed by atoms with Crippen LogP contribution in [0.4, 0.5) is 0 Å². The molecule has 0 amide bonds. The number of rotatable bonds is 1. The summed E-state index contributed by atoms with van der Waals surface area (Å²) in [4.78, 5) is 0. The summed E-state index contributed by atoms with van der Waals surface area (Å²) in [5.74, 6) is 0.713. The second-order valence-electron chi connectivity index (χ2n) is 2.57. The molecular formula is C7H13N. The van der Waals surface area contributed by atoms with E-state index >= 15 is 0 Å². The van der Waals surface area contributed by atoms with Crippen LogP contribution in [0, 0.1) is 5.92 Å². The summed E-state index contributed by atoms with van der Waals surface area (Å²) in [6.07, 6.45) is 5.62. The van der Waals surface area contributed by atoms with Gasteiger partial charge in [-0.2, -0.15) is 0 Å². The Labute approximate surface area is 50.6 Å². The van der Waals surface area contributed by atoms with Crippen molar-refractivity contribution >= 4 is 0 Å². The van der Waals surface area contributed by atoms with E-state index in [0.717, 1.165) is 6.42 Å². The van der Waals surface area contributed by atoms with Crippen molar-refractivity contribution in [3.05, 3.63) is 12.7 Å². The average molecular weight is 111 g/mol. The van der Waals surface area contributed by atoms with Gasteiger partial charge in [0, 0.05) is 6.04 Å². The maximum absolute atomic E-state index is 5.65. The number of hydrogen-bond acceptors (Lipinski definition) is 1. The Hall–Kier alpha value is -0.300. The molecule has 1 nitrogen and oxygen atoms in total. The molecular weight excluding hydrogens is 98.1 g/mol. The van der Waals surface area contributed by atoms with Crippen LogP contribution in [0.5, 0.6) is 0 Å². The fourth-order valence-corrected chi connectivity index (χ4v) is 1.27. The lowest BCUT2D eigenvalue weighted by Crippen LogP contribution is -2.14. The maximum atomic E-state index is 5.65. The van der Waals surface area contributed by atoms with Crippen molar-refractivity contribution in [3.63, 3.8) is 0 Å². The molecule has 0 radical (unpaired) electrons. The molecule has 1 saturated carbocycles. The van der Waals surface area contributed by atoms with Crippen LogP contribution in [0.3, 0.4) is 0 Å². The van der Waals surface area contributed by atoms with E-state index in [1.54, 1.807) is 0 Å². The molecule has 0 heterocycles. The van der Waals surface area contributed by atoms with E-state index in [1.165, 1.54) is 12.8 Å². The van der Waals surface area contributed by atoms with Crippen molar-refractivity contribution < 1.29 is 0 Å². The summed E-state index contributed by atoms with van der Waals surface area (Å²) in [5, 5.41) is 0. The first kappa shape index (κ1) is 5.83.